The molecule has 0 radical (unpaired) electrons. The van der Waals surface area contributed by atoms with Crippen LogP contribution in [0.4, 0.5) is 5.82 Å². The van der Waals surface area contributed by atoms with E-state index in [1.165, 1.54) is 0 Å². The van der Waals surface area contributed by atoms with E-state index in [0.717, 1.165) is 50.4 Å². The molecule has 0 atom stereocenters. The Hall–Kier alpha value is -3.08. The Kier molecular flexibility index (Phi) is 8.40. The van der Waals surface area contributed by atoms with Gasteiger partial charge >= 0.3 is 0 Å². The number of pyridine rings is 2. The standard InChI is InChI=1S/C24H32N6O4/c1-3-11-33-14-10-30-20-15-19(18-4-5-21(32-2)26-16-18)17-27-22(20)28-23(24(30)31)25-6-7-29-8-12-34-13-9-29/h4-5,15-17H,3,6-14H2,1-2H3,(H,25,27,28). The maximum atomic E-state index is 13.4. The first kappa shape index (κ1) is 24.1. The lowest BCUT2D eigenvalue weighted by molar-refractivity contribution is 0.0398. The van der Waals surface area contributed by atoms with Gasteiger partial charge in [-0.3, -0.25) is 14.3 Å². The van der Waals surface area contributed by atoms with Crippen molar-refractivity contribution in [2.45, 2.75) is 19.9 Å². The van der Waals surface area contributed by atoms with Gasteiger partial charge in [0.25, 0.3) is 5.56 Å². The molecule has 1 N–H and O–H groups in total. The highest BCUT2D eigenvalue weighted by atomic mass is 16.5. The first-order valence-corrected chi connectivity index (χ1v) is 11.7. The third-order valence-corrected chi connectivity index (χ3v) is 5.71. The van der Waals surface area contributed by atoms with Crippen LogP contribution in [0.5, 0.6) is 5.88 Å². The Morgan fingerprint density at radius 3 is 2.65 bits per heavy atom. The molecule has 10 heteroatoms. The van der Waals surface area contributed by atoms with Gasteiger partial charge < -0.3 is 19.5 Å². The summed E-state index contributed by atoms with van der Waals surface area (Å²) in [7, 11) is 1.58. The van der Waals surface area contributed by atoms with E-state index >= 15 is 0 Å². The Morgan fingerprint density at radius 2 is 1.91 bits per heavy atom. The van der Waals surface area contributed by atoms with Crippen molar-refractivity contribution < 1.29 is 14.2 Å². The predicted molar refractivity (Wildman–Crippen MR) is 130 cm³/mol. The minimum absolute atomic E-state index is 0.179. The lowest BCUT2D eigenvalue weighted by atomic mass is 10.1. The van der Waals surface area contributed by atoms with Crippen LogP contribution in [0.1, 0.15) is 13.3 Å². The van der Waals surface area contributed by atoms with Crippen molar-refractivity contribution in [3.05, 3.63) is 40.9 Å². The first-order valence-electron chi connectivity index (χ1n) is 11.7. The molecule has 10 nitrogen and oxygen atoms in total. The third kappa shape index (κ3) is 5.88. The molecule has 0 saturated carbocycles. The van der Waals surface area contributed by atoms with E-state index in [0.29, 0.717) is 49.2 Å². The zero-order chi connectivity index (χ0) is 23.8. The molecule has 1 aliphatic rings. The monoisotopic (exact) mass is 468 g/mol. The van der Waals surface area contributed by atoms with E-state index in [1.54, 1.807) is 30.1 Å². The van der Waals surface area contributed by atoms with Crippen LogP contribution in [-0.2, 0) is 16.0 Å². The molecule has 0 amide bonds. The Morgan fingerprint density at radius 1 is 1.09 bits per heavy atom. The van der Waals surface area contributed by atoms with Gasteiger partial charge in [0.05, 0.1) is 32.4 Å². The third-order valence-electron chi connectivity index (χ3n) is 5.71. The number of hydrogen-bond donors (Lipinski definition) is 1. The number of methoxy groups -OCH3 is 1. The van der Waals surface area contributed by atoms with E-state index in [4.69, 9.17) is 14.2 Å². The van der Waals surface area contributed by atoms with Crippen molar-refractivity contribution in [3.63, 3.8) is 0 Å². The molecule has 182 valence electrons. The van der Waals surface area contributed by atoms with Gasteiger partial charge in [-0.25, -0.2) is 15.0 Å². The summed E-state index contributed by atoms with van der Waals surface area (Å²) in [6, 6.07) is 5.64. The van der Waals surface area contributed by atoms with Crippen LogP contribution in [-0.4, -0.2) is 84.1 Å². The molecule has 0 unspecified atom stereocenters. The SMILES string of the molecule is CCCOCCn1c(=O)c(NCCN2CCOCC2)nc2ncc(-c3ccc(OC)nc3)cc21. The van der Waals surface area contributed by atoms with Gasteiger partial charge in [0, 0.05) is 68.9 Å². The van der Waals surface area contributed by atoms with Crippen LogP contribution in [0.2, 0.25) is 0 Å². The number of hydrogen-bond acceptors (Lipinski definition) is 9. The van der Waals surface area contributed by atoms with Crippen LogP contribution in [0.15, 0.2) is 35.4 Å². The van der Waals surface area contributed by atoms with Gasteiger partial charge in [0.2, 0.25) is 5.88 Å². The van der Waals surface area contributed by atoms with Gasteiger partial charge in [0.15, 0.2) is 11.5 Å². The lowest BCUT2D eigenvalue weighted by Crippen LogP contribution is -2.39. The van der Waals surface area contributed by atoms with E-state index in [2.05, 4.69) is 32.1 Å². The maximum absolute atomic E-state index is 13.4. The maximum Gasteiger partial charge on any atom is 0.293 e. The highest BCUT2D eigenvalue weighted by molar-refractivity contribution is 5.78. The number of rotatable bonds is 11. The van der Waals surface area contributed by atoms with Crippen LogP contribution >= 0.6 is 0 Å². The highest BCUT2D eigenvalue weighted by Crippen LogP contribution is 2.23. The molecule has 0 bridgehead atoms. The van der Waals surface area contributed by atoms with E-state index < -0.39 is 0 Å². The second-order valence-corrected chi connectivity index (χ2v) is 8.07. The minimum atomic E-state index is -0.179. The van der Waals surface area contributed by atoms with E-state index in [9.17, 15) is 4.79 Å². The Bertz CT molecular complexity index is 1130. The number of aromatic nitrogens is 4. The van der Waals surface area contributed by atoms with Crippen LogP contribution in [0.25, 0.3) is 22.3 Å². The quantitative estimate of drug-likeness (QED) is 0.423. The van der Waals surface area contributed by atoms with Crippen molar-refractivity contribution in [1.29, 1.82) is 0 Å². The second kappa shape index (κ2) is 11.9. The summed E-state index contributed by atoms with van der Waals surface area (Å²) in [6.07, 6.45) is 4.40. The normalized spacial score (nSPS) is 14.4. The zero-order valence-electron chi connectivity index (χ0n) is 19.8. The fraction of sp³-hybridized carbons (Fsp3) is 0.500. The van der Waals surface area contributed by atoms with E-state index in [1.807, 2.05) is 12.1 Å². The summed E-state index contributed by atoms with van der Waals surface area (Å²) in [5.41, 5.74) is 2.72. The van der Waals surface area contributed by atoms with Crippen LogP contribution in [0, 0.1) is 0 Å². The topological polar surface area (TPSA) is 104 Å². The molecule has 1 saturated heterocycles. The molecule has 4 rings (SSSR count). The van der Waals surface area contributed by atoms with Gasteiger partial charge in [-0.2, -0.15) is 0 Å². The number of nitrogens with zero attached hydrogens (tertiary/aromatic N) is 5. The lowest BCUT2D eigenvalue weighted by Gasteiger charge is -2.26. The van der Waals surface area contributed by atoms with Crippen molar-refractivity contribution in [2.75, 3.05) is 65.0 Å². The van der Waals surface area contributed by atoms with Crippen molar-refractivity contribution >= 4 is 17.0 Å². The van der Waals surface area contributed by atoms with Crippen LogP contribution < -0.4 is 15.6 Å². The van der Waals surface area contributed by atoms with Gasteiger partial charge in [-0.15, -0.1) is 0 Å². The molecule has 1 aliphatic heterocycles. The summed E-state index contributed by atoms with van der Waals surface area (Å²) < 4.78 is 17.9. The number of fused-ring (bicyclic) bond motifs is 1. The molecule has 34 heavy (non-hydrogen) atoms. The molecular weight excluding hydrogens is 436 g/mol. The zero-order valence-corrected chi connectivity index (χ0v) is 19.8. The van der Waals surface area contributed by atoms with Gasteiger partial charge in [-0.1, -0.05) is 6.92 Å². The molecular formula is C24H32N6O4. The highest BCUT2D eigenvalue weighted by Gasteiger charge is 2.15. The summed E-state index contributed by atoms with van der Waals surface area (Å²) in [5, 5.41) is 3.22. The van der Waals surface area contributed by atoms with E-state index in [-0.39, 0.29) is 5.56 Å². The summed E-state index contributed by atoms with van der Waals surface area (Å²) in [5.74, 6) is 0.847. The molecule has 0 aliphatic carbocycles. The average molecular weight is 469 g/mol. The molecule has 3 aromatic rings. The molecule has 0 spiro atoms. The predicted octanol–water partition coefficient (Wildman–Crippen LogP) is 2.03. The number of morpholine rings is 1. The smallest absolute Gasteiger partial charge is 0.293 e. The molecule has 1 fully saturated rings. The molecule has 0 aromatic carbocycles. The van der Waals surface area contributed by atoms with Crippen molar-refractivity contribution in [1.82, 2.24) is 24.4 Å². The second-order valence-electron chi connectivity index (χ2n) is 8.07. The minimum Gasteiger partial charge on any atom is -0.481 e. The number of anilines is 1. The Balaban J connectivity index is 1.61. The molecule has 3 aromatic heterocycles. The largest absolute Gasteiger partial charge is 0.481 e. The fourth-order valence-electron chi connectivity index (χ4n) is 3.85. The van der Waals surface area contributed by atoms with Crippen LogP contribution in [0.3, 0.4) is 0 Å². The summed E-state index contributed by atoms with van der Waals surface area (Å²) in [4.78, 5) is 29.1. The van der Waals surface area contributed by atoms with Crippen molar-refractivity contribution in [2.24, 2.45) is 0 Å². The van der Waals surface area contributed by atoms with Gasteiger partial charge in [0.1, 0.15) is 0 Å². The van der Waals surface area contributed by atoms with Crippen molar-refractivity contribution in [3.8, 4) is 17.0 Å². The molecule has 4 heterocycles. The fourth-order valence-corrected chi connectivity index (χ4v) is 3.85. The number of nitrogens with one attached hydrogen (secondary N) is 1. The number of ether oxygens (including phenoxy) is 3. The van der Waals surface area contributed by atoms with Gasteiger partial charge in [-0.05, 0) is 18.6 Å². The Labute approximate surface area is 198 Å². The summed E-state index contributed by atoms with van der Waals surface area (Å²) >= 11 is 0. The summed E-state index contributed by atoms with van der Waals surface area (Å²) in [6.45, 7) is 8.30. The first-order chi connectivity index (χ1) is 16.7. The average Bonchev–Trinajstić information content (AvgIpc) is 2.88.